The monoisotopic (exact) mass is 660 g/mol. The van der Waals surface area contributed by atoms with E-state index in [0.29, 0.717) is 10.9 Å². The first-order valence-electron chi connectivity index (χ1n) is 12.4. The van der Waals surface area contributed by atoms with Crippen LogP contribution in [-0.4, -0.2) is 77.5 Å². The van der Waals surface area contributed by atoms with Crippen LogP contribution in [-0.2, 0) is 19.5 Å². The van der Waals surface area contributed by atoms with Crippen LogP contribution in [0.3, 0.4) is 0 Å². The fraction of sp³-hybridized carbons (Fsp3) is 0.250. The van der Waals surface area contributed by atoms with E-state index in [1.807, 2.05) is 30.3 Å². The minimum atomic E-state index is -3.84. The first-order chi connectivity index (χ1) is 19.8. The van der Waals surface area contributed by atoms with Crippen molar-refractivity contribution >= 4 is 64.8 Å². The van der Waals surface area contributed by atoms with E-state index in [2.05, 4.69) is 26.0 Å². The molecular weight excluding hydrogens is 632 g/mol. The Morgan fingerprint density at radius 1 is 0.976 bits per heavy atom. The third kappa shape index (κ3) is 7.56. The van der Waals surface area contributed by atoms with Crippen LogP contribution >= 0.6 is 27.3 Å². The van der Waals surface area contributed by atoms with Crippen molar-refractivity contribution in [3.63, 3.8) is 0 Å². The number of hydrogen-bond acceptors (Lipinski definition) is 9. The topological polar surface area (TPSA) is 111 Å². The molecule has 0 bridgehead atoms. The van der Waals surface area contributed by atoms with E-state index in [9.17, 15) is 13.2 Å². The van der Waals surface area contributed by atoms with Crippen molar-refractivity contribution in [3.05, 3.63) is 82.3 Å². The lowest BCUT2D eigenvalue weighted by atomic mass is 10.2. The standard InChI is InChI=1S/C28H29BrN4O6S2/c1-37-16-14-32(15-17-38-2)41(35,36)24-11-6-21(7-12-24)27(34)33(30-19-20-4-9-23(39-3)10-5-20)28-31-25-13-8-22(29)18-26(25)40-28/h4-13,18-19H,14-17H2,1-3H3/b30-19+. The number of hydrazone groups is 1. The minimum Gasteiger partial charge on any atom is -0.497 e. The average molecular weight is 662 g/mol. The number of ether oxygens (including phenoxy) is 3. The van der Waals surface area contributed by atoms with Gasteiger partial charge in [-0.25, -0.2) is 13.4 Å². The second-order valence-corrected chi connectivity index (χ2v) is 12.5. The number of halogens is 1. The van der Waals surface area contributed by atoms with Gasteiger partial charge in [0.2, 0.25) is 15.2 Å². The predicted molar refractivity (Wildman–Crippen MR) is 164 cm³/mol. The molecule has 1 amide bonds. The molecule has 0 aliphatic heterocycles. The summed E-state index contributed by atoms with van der Waals surface area (Å²) in [5.41, 5.74) is 1.72. The molecule has 4 rings (SSSR count). The number of nitrogens with zero attached hydrogens (tertiary/aromatic N) is 4. The lowest BCUT2D eigenvalue weighted by molar-refractivity contribution is 0.0987. The zero-order chi connectivity index (χ0) is 29.4. The van der Waals surface area contributed by atoms with Gasteiger partial charge in [0.1, 0.15) is 5.75 Å². The average Bonchev–Trinajstić information content (AvgIpc) is 3.40. The molecule has 0 aliphatic rings. The van der Waals surface area contributed by atoms with Crippen LogP contribution in [0.5, 0.6) is 5.75 Å². The third-order valence-corrected chi connectivity index (χ3v) is 9.38. The van der Waals surface area contributed by atoms with Gasteiger partial charge in [-0.2, -0.15) is 14.4 Å². The highest BCUT2D eigenvalue weighted by molar-refractivity contribution is 9.10. The molecular formula is C28H29BrN4O6S2. The summed E-state index contributed by atoms with van der Waals surface area (Å²) < 4.78 is 45.0. The fourth-order valence-corrected chi connectivity index (χ4v) is 6.64. The SMILES string of the molecule is COCCN(CCOC)S(=O)(=O)c1ccc(C(=O)N(/N=C/c2ccc(OC)cc2)c2nc3ccc(Br)cc3s2)cc1. The number of rotatable bonds is 13. The molecule has 1 aromatic heterocycles. The molecule has 0 fully saturated rings. The Morgan fingerprint density at radius 3 is 2.24 bits per heavy atom. The maximum absolute atomic E-state index is 13.7. The number of thiazole rings is 1. The first kappa shape index (κ1) is 30.8. The van der Waals surface area contributed by atoms with Crippen molar-refractivity contribution in [2.75, 3.05) is 52.6 Å². The Labute approximate surface area is 251 Å². The van der Waals surface area contributed by atoms with E-state index in [-0.39, 0.29) is 36.8 Å². The van der Waals surface area contributed by atoms with Gasteiger partial charge >= 0.3 is 0 Å². The largest absolute Gasteiger partial charge is 0.497 e. The van der Waals surface area contributed by atoms with Gasteiger partial charge in [0.25, 0.3) is 5.91 Å². The predicted octanol–water partition coefficient (Wildman–Crippen LogP) is 5.03. The lowest BCUT2D eigenvalue weighted by Gasteiger charge is -2.21. The molecule has 0 saturated heterocycles. The van der Waals surface area contributed by atoms with E-state index in [1.54, 1.807) is 25.5 Å². The third-order valence-electron chi connectivity index (χ3n) is 5.98. The minimum absolute atomic E-state index is 0.0550. The summed E-state index contributed by atoms with van der Waals surface area (Å²) in [4.78, 5) is 18.4. The molecule has 0 radical (unpaired) electrons. The zero-order valence-corrected chi connectivity index (χ0v) is 25.9. The number of amides is 1. The van der Waals surface area contributed by atoms with Crippen molar-refractivity contribution in [1.29, 1.82) is 0 Å². The number of hydrogen-bond donors (Lipinski definition) is 0. The maximum atomic E-state index is 13.7. The Balaban J connectivity index is 1.66. The van der Waals surface area contributed by atoms with Gasteiger partial charge in [-0.05, 0) is 72.3 Å². The van der Waals surface area contributed by atoms with E-state index >= 15 is 0 Å². The van der Waals surface area contributed by atoms with E-state index in [4.69, 9.17) is 14.2 Å². The summed E-state index contributed by atoms with van der Waals surface area (Å²) in [5, 5.41) is 6.07. The number of fused-ring (bicyclic) bond motifs is 1. The molecule has 13 heteroatoms. The molecule has 41 heavy (non-hydrogen) atoms. The number of sulfonamides is 1. The van der Waals surface area contributed by atoms with Gasteiger partial charge in [-0.1, -0.05) is 27.3 Å². The number of carbonyl (C=O) groups is 1. The Bertz CT molecular complexity index is 1600. The molecule has 10 nitrogen and oxygen atoms in total. The van der Waals surface area contributed by atoms with Gasteiger partial charge < -0.3 is 14.2 Å². The molecule has 0 unspecified atom stereocenters. The van der Waals surface area contributed by atoms with Crippen LogP contribution in [0.4, 0.5) is 5.13 Å². The van der Waals surface area contributed by atoms with Gasteiger partial charge in [0.15, 0.2) is 0 Å². The van der Waals surface area contributed by atoms with Gasteiger partial charge in [-0.15, -0.1) is 0 Å². The van der Waals surface area contributed by atoms with Crippen molar-refractivity contribution in [1.82, 2.24) is 9.29 Å². The molecule has 0 N–H and O–H groups in total. The summed E-state index contributed by atoms with van der Waals surface area (Å²) in [6.45, 7) is 0.813. The van der Waals surface area contributed by atoms with Crippen LogP contribution in [0.25, 0.3) is 10.2 Å². The number of anilines is 1. The molecule has 0 atom stereocenters. The van der Waals surface area contributed by atoms with Crippen LogP contribution in [0.1, 0.15) is 15.9 Å². The number of aromatic nitrogens is 1. The quantitative estimate of drug-likeness (QED) is 0.146. The van der Waals surface area contributed by atoms with Crippen LogP contribution < -0.4 is 9.75 Å². The smallest absolute Gasteiger partial charge is 0.280 e. The van der Waals surface area contributed by atoms with Crippen molar-refractivity contribution in [2.45, 2.75) is 4.90 Å². The zero-order valence-electron chi connectivity index (χ0n) is 22.7. The lowest BCUT2D eigenvalue weighted by Crippen LogP contribution is -2.36. The first-order valence-corrected chi connectivity index (χ1v) is 15.5. The van der Waals surface area contributed by atoms with Crippen LogP contribution in [0, 0.1) is 0 Å². The summed E-state index contributed by atoms with van der Waals surface area (Å²) in [5.74, 6) is 0.234. The molecule has 3 aromatic carbocycles. The van der Waals surface area contributed by atoms with E-state index in [1.165, 1.54) is 59.1 Å². The Morgan fingerprint density at radius 2 is 1.63 bits per heavy atom. The maximum Gasteiger partial charge on any atom is 0.280 e. The Kier molecular flexibility index (Phi) is 10.6. The second kappa shape index (κ2) is 14.1. The molecule has 216 valence electrons. The summed E-state index contributed by atoms with van der Waals surface area (Å²) in [7, 11) is 0.763. The van der Waals surface area contributed by atoms with Gasteiger partial charge in [0.05, 0.1) is 41.7 Å². The van der Waals surface area contributed by atoms with E-state index in [0.717, 1.165) is 20.3 Å². The summed E-state index contributed by atoms with van der Waals surface area (Å²) in [6, 6.07) is 18.7. The molecule has 0 spiro atoms. The summed E-state index contributed by atoms with van der Waals surface area (Å²) >= 11 is 4.78. The normalized spacial score (nSPS) is 11.9. The van der Waals surface area contributed by atoms with Crippen molar-refractivity contribution < 1.29 is 27.4 Å². The number of carbonyl (C=O) groups excluding carboxylic acids is 1. The number of benzene rings is 3. The fourth-order valence-electron chi connectivity index (χ4n) is 3.76. The second-order valence-electron chi connectivity index (χ2n) is 8.66. The highest BCUT2D eigenvalue weighted by Crippen LogP contribution is 2.32. The summed E-state index contributed by atoms with van der Waals surface area (Å²) in [6.07, 6.45) is 1.56. The molecule has 0 aliphatic carbocycles. The van der Waals surface area contributed by atoms with Gasteiger partial charge in [0, 0.05) is 37.3 Å². The van der Waals surface area contributed by atoms with E-state index < -0.39 is 15.9 Å². The molecule has 4 aromatic rings. The van der Waals surface area contributed by atoms with Crippen LogP contribution in [0.15, 0.2) is 81.2 Å². The highest BCUT2D eigenvalue weighted by Gasteiger charge is 2.26. The number of methoxy groups -OCH3 is 3. The van der Waals surface area contributed by atoms with Crippen molar-refractivity contribution in [3.8, 4) is 5.75 Å². The van der Waals surface area contributed by atoms with Crippen molar-refractivity contribution in [2.24, 2.45) is 5.10 Å². The van der Waals surface area contributed by atoms with Gasteiger partial charge in [-0.3, -0.25) is 4.79 Å². The highest BCUT2D eigenvalue weighted by atomic mass is 79.9. The van der Waals surface area contributed by atoms with Crippen LogP contribution in [0.2, 0.25) is 0 Å². The Hall–Kier alpha value is -3.20. The molecule has 1 heterocycles. The molecule has 0 saturated carbocycles.